The van der Waals surface area contributed by atoms with Crippen LogP contribution in [0.5, 0.6) is 0 Å². The summed E-state index contributed by atoms with van der Waals surface area (Å²) in [6.07, 6.45) is 10.2. The normalized spacial score (nSPS) is 29.1. The van der Waals surface area contributed by atoms with Crippen molar-refractivity contribution in [1.82, 2.24) is 0 Å². The molecule has 3 saturated carbocycles. The van der Waals surface area contributed by atoms with Crippen LogP contribution >= 0.6 is 11.3 Å². The number of hydrogen-bond acceptors (Lipinski definition) is 5. The van der Waals surface area contributed by atoms with Crippen LogP contribution in [-0.4, -0.2) is 42.0 Å². The third-order valence-corrected chi connectivity index (χ3v) is 9.35. The number of rotatable bonds is 6. The minimum atomic E-state index is -0.964. The van der Waals surface area contributed by atoms with Crippen LogP contribution < -0.4 is 4.90 Å². The number of nitrogens with zero attached hydrogens (tertiary/aromatic N) is 1. The standard InChI is InChI=1S/C26H37NO5S/c1-16-3-5-18(6-4-16)25(29)27(19-9-13-21(32-2)14-10-19)22-15-23(33-24(22)26(30)31)17-7-11-20(28)12-8-17/h15-19,21H,3-14H2,1-2H3,(H,30,31)/t16-,18-,19-,21-. The van der Waals surface area contributed by atoms with Gasteiger partial charge in [0.1, 0.15) is 10.7 Å². The predicted octanol–water partition coefficient (Wildman–Crippen LogP) is 5.79. The summed E-state index contributed by atoms with van der Waals surface area (Å²) >= 11 is 1.31. The van der Waals surface area contributed by atoms with Gasteiger partial charge in [-0.1, -0.05) is 6.92 Å². The van der Waals surface area contributed by atoms with Gasteiger partial charge in [0.15, 0.2) is 0 Å². The van der Waals surface area contributed by atoms with Crippen LogP contribution in [0.4, 0.5) is 5.69 Å². The van der Waals surface area contributed by atoms with E-state index in [0.29, 0.717) is 30.2 Å². The quantitative estimate of drug-likeness (QED) is 0.563. The molecule has 0 atom stereocenters. The van der Waals surface area contributed by atoms with E-state index < -0.39 is 5.97 Å². The van der Waals surface area contributed by atoms with Gasteiger partial charge in [0.05, 0.1) is 11.8 Å². The first-order valence-corrected chi connectivity index (χ1v) is 13.4. The summed E-state index contributed by atoms with van der Waals surface area (Å²) < 4.78 is 5.54. The highest BCUT2D eigenvalue weighted by Crippen LogP contribution is 2.43. The van der Waals surface area contributed by atoms with E-state index in [2.05, 4.69) is 6.92 Å². The van der Waals surface area contributed by atoms with Gasteiger partial charge in [-0.2, -0.15) is 0 Å². The van der Waals surface area contributed by atoms with Gasteiger partial charge in [-0.25, -0.2) is 4.79 Å². The SMILES string of the molecule is CO[C@H]1CC[C@H](N(c2cc(C3CCC(=O)CC3)sc2C(=O)O)C(=O)[C@H]2CC[C@H](C)CC2)CC1. The molecule has 7 heteroatoms. The Bertz CT molecular complexity index is 854. The molecule has 0 unspecified atom stereocenters. The van der Waals surface area contributed by atoms with E-state index in [1.165, 1.54) is 11.3 Å². The Morgan fingerprint density at radius 3 is 2.21 bits per heavy atom. The molecule has 4 rings (SSSR count). The van der Waals surface area contributed by atoms with E-state index in [-0.39, 0.29) is 34.8 Å². The Balaban J connectivity index is 1.66. The van der Waals surface area contributed by atoms with Crippen LogP contribution in [0.15, 0.2) is 6.07 Å². The number of methoxy groups -OCH3 is 1. The fraction of sp³-hybridized carbons (Fsp3) is 0.731. The van der Waals surface area contributed by atoms with E-state index in [9.17, 15) is 19.5 Å². The van der Waals surface area contributed by atoms with Gasteiger partial charge < -0.3 is 14.7 Å². The first kappa shape index (κ1) is 24.4. The van der Waals surface area contributed by atoms with Crippen LogP contribution in [0, 0.1) is 11.8 Å². The van der Waals surface area contributed by atoms with Crippen LogP contribution in [0.25, 0.3) is 0 Å². The monoisotopic (exact) mass is 475 g/mol. The molecule has 1 amide bonds. The number of carbonyl (C=O) groups is 3. The molecule has 0 spiro atoms. The third-order valence-electron chi connectivity index (χ3n) is 8.08. The summed E-state index contributed by atoms with van der Waals surface area (Å²) in [6.45, 7) is 2.24. The Morgan fingerprint density at radius 2 is 1.64 bits per heavy atom. The molecule has 33 heavy (non-hydrogen) atoms. The Hall–Kier alpha value is -1.73. The third kappa shape index (κ3) is 5.51. The second-order valence-corrected chi connectivity index (χ2v) is 11.4. The first-order valence-electron chi connectivity index (χ1n) is 12.6. The molecule has 3 fully saturated rings. The fourth-order valence-corrected chi connectivity index (χ4v) is 7.05. The van der Waals surface area contributed by atoms with Crippen LogP contribution in [0.1, 0.15) is 104 Å². The fourth-order valence-electron chi connectivity index (χ4n) is 5.90. The second kappa shape index (κ2) is 10.7. The molecule has 182 valence electrons. The summed E-state index contributed by atoms with van der Waals surface area (Å²) in [4.78, 5) is 41.1. The Labute approximate surface area is 200 Å². The molecule has 1 aromatic heterocycles. The lowest BCUT2D eigenvalue weighted by molar-refractivity contribution is -0.124. The zero-order valence-corrected chi connectivity index (χ0v) is 20.7. The molecular formula is C26H37NO5S. The molecule has 0 aromatic carbocycles. The van der Waals surface area contributed by atoms with E-state index in [1.54, 1.807) is 7.11 Å². The van der Waals surface area contributed by atoms with Crippen molar-refractivity contribution in [3.8, 4) is 0 Å². The van der Waals surface area contributed by atoms with E-state index in [0.717, 1.165) is 69.1 Å². The summed E-state index contributed by atoms with van der Waals surface area (Å²) in [5.74, 6) is 0.257. The maximum absolute atomic E-state index is 13.9. The van der Waals surface area contributed by atoms with Gasteiger partial charge >= 0.3 is 5.97 Å². The van der Waals surface area contributed by atoms with Crippen molar-refractivity contribution in [2.75, 3.05) is 12.0 Å². The largest absolute Gasteiger partial charge is 0.477 e. The summed E-state index contributed by atoms with van der Waals surface area (Å²) in [7, 11) is 1.74. The number of thiophene rings is 1. The summed E-state index contributed by atoms with van der Waals surface area (Å²) in [6, 6.07) is 1.98. The molecule has 0 bridgehead atoms. The predicted molar refractivity (Wildman–Crippen MR) is 129 cm³/mol. The molecule has 0 aliphatic heterocycles. The molecule has 1 aromatic rings. The zero-order chi connectivity index (χ0) is 23.5. The van der Waals surface area contributed by atoms with Crippen LogP contribution in [0.2, 0.25) is 0 Å². The van der Waals surface area contributed by atoms with E-state index >= 15 is 0 Å². The van der Waals surface area contributed by atoms with Crippen molar-refractivity contribution in [2.24, 2.45) is 11.8 Å². The van der Waals surface area contributed by atoms with Gasteiger partial charge in [-0.3, -0.25) is 9.59 Å². The lowest BCUT2D eigenvalue weighted by atomic mass is 9.81. The molecule has 1 N–H and O–H groups in total. The summed E-state index contributed by atoms with van der Waals surface area (Å²) in [5, 5.41) is 10.1. The van der Waals surface area contributed by atoms with Crippen molar-refractivity contribution in [3.05, 3.63) is 15.8 Å². The highest BCUT2D eigenvalue weighted by Gasteiger charge is 2.38. The van der Waals surface area contributed by atoms with E-state index in [4.69, 9.17) is 4.74 Å². The molecule has 3 aliphatic rings. The lowest BCUT2D eigenvalue weighted by Gasteiger charge is -2.39. The van der Waals surface area contributed by atoms with Gasteiger partial charge in [0, 0.05) is 36.8 Å². The average Bonchev–Trinajstić information content (AvgIpc) is 3.26. The smallest absolute Gasteiger partial charge is 0.348 e. The number of anilines is 1. The number of carboxylic acid groups (broad SMARTS) is 1. The number of amides is 1. The van der Waals surface area contributed by atoms with Gasteiger partial charge in [-0.05, 0) is 82.1 Å². The minimum Gasteiger partial charge on any atom is -0.477 e. The summed E-state index contributed by atoms with van der Waals surface area (Å²) in [5.41, 5.74) is 0.587. The van der Waals surface area contributed by atoms with Crippen molar-refractivity contribution in [2.45, 2.75) is 102 Å². The number of Topliss-reactive ketones (excluding diaryl/α,β-unsaturated/α-hetero) is 1. The zero-order valence-electron chi connectivity index (χ0n) is 19.9. The first-order chi connectivity index (χ1) is 15.9. The average molecular weight is 476 g/mol. The minimum absolute atomic E-state index is 0.0109. The number of aromatic carboxylic acids is 1. The highest BCUT2D eigenvalue weighted by atomic mass is 32.1. The van der Waals surface area contributed by atoms with Crippen molar-refractivity contribution < 1.29 is 24.2 Å². The molecule has 0 radical (unpaired) electrons. The number of carboxylic acids is 1. The molecule has 3 aliphatic carbocycles. The molecule has 6 nitrogen and oxygen atoms in total. The molecule has 0 saturated heterocycles. The maximum Gasteiger partial charge on any atom is 0.348 e. The van der Waals surface area contributed by atoms with Gasteiger partial charge in [0.2, 0.25) is 5.91 Å². The van der Waals surface area contributed by atoms with Crippen molar-refractivity contribution in [3.63, 3.8) is 0 Å². The Kier molecular flexibility index (Phi) is 7.90. The van der Waals surface area contributed by atoms with Gasteiger partial charge in [-0.15, -0.1) is 11.3 Å². The van der Waals surface area contributed by atoms with Gasteiger partial charge in [0.25, 0.3) is 0 Å². The maximum atomic E-state index is 13.9. The topological polar surface area (TPSA) is 83.9 Å². The van der Waals surface area contributed by atoms with E-state index in [1.807, 2.05) is 11.0 Å². The van der Waals surface area contributed by atoms with Crippen LogP contribution in [-0.2, 0) is 14.3 Å². The van der Waals surface area contributed by atoms with Crippen molar-refractivity contribution in [1.29, 1.82) is 0 Å². The van der Waals surface area contributed by atoms with Crippen LogP contribution in [0.3, 0.4) is 0 Å². The van der Waals surface area contributed by atoms with Crippen molar-refractivity contribution >= 4 is 34.7 Å². The highest BCUT2D eigenvalue weighted by molar-refractivity contribution is 7.14. The number of ketones is 1. The number of carbonyl (C=O) groups excluding carboxylic acids is 2. The number of hydrogen-bond donors (Lipinski definition) is 1. The molecular weight excluding hydrogens is 438 g/mol. The molecule has 1 heterocycles. The lowest BCUT2D eigenvalue weighted by Crippen LogP contribution is -2.47. The second-order valence-electron chi connectivity index (χ2n) is 10.3. The Morgan fingerprint density at radius 1 is 1.00 bits per heavy atom. The number of ether oxygens (including phenoxy) is 1.